The average Bonchev–Trinajstić information content (AvgIpc) is 2.46. The topological polar surface area (TPSA) is 98.7 Å². The third-order valence-electron chi connectivity index (χ3n) is 2.49. The zero-order chi connectivity index (χ0) is 17.0. The molecule has 0 bridgehead atoms. The molecule has 1 aromatic rings. The van der Waals surface area contributed by atoms with E-state index in [0.717, 1.165) is 6.54 Å². The molecular weight excluding hydrogens is 304 g/mol. The first-order valence-electron chi connectivity index (χ1n) is 6.96. The number of amides is 1. The van der Waals surface area contributed by atoms with Gasteiger partial charge in [-0.05, 0) is 12.5 Å². The number of carbonyl (C=O) groups excluding carboxylic acids is 1. The highest BCUT2D eigenvalue weighted by molar-refractivity contribution is 7.97. The molecule has 22 heavy (non-hydrogen) atoms. The maximum Gasteiger partial charge on any atom is 0.313 e. The molecule has 0 fully saturated rings. The number of nitrogens with one attached hydrogen (secondary N) is 2. The number of aliphatic hydroxyl groups is 1. The van der Waals surface area contributed by atoms with Gasteiger partial charge in [-0.25, -0.2) is 0 Å². The second kappa shape index (κ2) is 12.0. The van der Waals surface area contributed by atoms with Gasteiger partial charge in [0.15, 0.2) is 0 Å². The molecule has 0 aliphatic carbocycles. The van der Waals surface area contributed by atoms with E-state index in [1.165, 1.54) is 18.9 Å². The van der Waals surface area contributed by atoms with Crippen molar-refractivity contribution in [3.05, 3.63) is 35.9 Å². The van der Waals surface area contributed by atoms with Crippen molar-refractivity contribution in [1.29, 1.82) is 0 Å². The van der Waals surface area contributed by atoms with Gasteiger partial charge in [0, 0.05) is 13.5 Å². The van der Waals surface area contributed by atoms with Crippen LogP contribution in [0.5, 0.6) is 0 Å². The number of aliphatic carboxylic acids is 1. The zero-order valence-corrected chi connectivity index (χ0v) is 13.9. The number of hydrogen-bond acceptors (Lipinski definition) is 5. The smallest absolute Gasteiger partial charge is 0.313 e. The summed E-state index contributed by atoms with van der Waals surface area (Å²) in [6.07, 6.45) is 0. The molecule has 0 saturated carbocycles. The van der Waals surface area contributed by atoms with Crippen molar-refractivity contribution in [2.24, 2.45) is 0 Å². The molecule has 0 aliphatic heterocycles. The number of carboxylic acids is 1. The van der Waals surface area contributed by atoms with E-state index in [1.807, 2.05) is 13.8 Å². The Balaban J connectivity index is 0.000000409. The van der Waals surface area contributed by atoms with Crippen molar-refractivity contribution in [1.82, 2.24) is 10.0 Å². The molecule has 1 rings (SSSR count). The molecule has 0 radical (unpaired) electrons. The Kier molecular flexibility index (Phi) is 11.2. The van der Waals surface area contributed by atoms with E-state index in [0.29, 0.717) is 5.56 Å². The van der Waals surface area contributed by atoms with Gasteiger partial charge in [0.05, 0.1) is 12.0 Å². The van der Waals surface area contributed by atoms with Gasteiger partial charge in [-0.2, -0.15) is 0 Å². The number of carbonyl (C=O) groups is 2. The summed E-state index contributed by atoms with van der Waals surface area (Å²) in [5, 5.41) is 20.3. The van der Waals surface area contributed by atoms with Crippen molar-refractivity contribution in [3.8, 4) is 0 Å². The van der Waals surface area contributed by atoms with Crippen LogP contribution in [0.3, 0.4) is 0 Å². The molecule has 0 aliphatic rings. The minimum atomic E-state index is -0.997. The second-order valence-corrected chi connectivity index (χ2v) is 5.67. The lowest BCUT2D eigenvalue weighted by molar-refractivity contribution is -0.139. The lowest BCUT2D eigenvalue weighted by Gasteiger charge is -2.10. The third kappa shape index (κ3) is 9.38. The van der Waals surface area contributed by atoms with E-state index in [-0.39, 0.29) is 17.9 Å². The van der Waals surface area contributed by atoms with Gasteiger partial charge in [0.2, 0.25) is 5.91 Å². The van der Waals surface area contributed by atoms with Crippen molar-refractivity contribution in [3.63, 3.8) is 0 Å². The van der Waals surface area contributed by atoms with E-state index >= 15 is 0 Å². The summed E-state index contributed by atoms with van der Waals surface area (Å²) in [4.78, 5) is 21.0. The predicted molar refractivity (Wildman–Crippen MR) is 88.5 cm³/mol. The molecule has 0 spiro atoms. The van der Waals surface area contributed by atoms with Gasteiger partial charge in [-0.3, -0.25) is 14.3 Å². The maximum absolute atomic E-state index is 10.6. The van der Waals surface area contributed by atoms with Crippen LogP contribution in [-0.4, -0.2) is 40.6 Å². The highest BCUT2D eigenvalue weighted by Gasteiger charge is 2.17. The largest absolute Gasteiger partial charge is 0.481 e. The quantitative estimate of drug-likeness (QED) is 0.448. The Morgan fingerprint density at radius 1 is 1.27 bits per heavy atom. The summed E-state index contributed by atoms with van der Waals surface area (Å²) < 4.78 is 3.06. The lowest BCUT2D eigenvalue weighted by Crippen LogP contribution is -2.29. The minimum absolute atomic E-state index is 0.0119. The number of hydrogen-bond donors (Lipinski definition) is 4. The summed E-state index contributed by atoms with van der Waals surface area (Å²) in [5.74, 6) is -1.78. The summed E-state index contributed by atoms with van der Waals surface area (Å²) in [5.41, 5.74) is 0.632. The summed E-state index contributed by atoms with van der Waals surface area (Å²) in [7, 11) is 0. The number of benzene rings is 1. The van der Waals surface area contributed by atoms with Crippen molar-refractivity contribution in [2.75, 3.05) is 13.2 Å². The van der Waals surface area contributed by atoms with Crippen LogP contribution in [0.4, 0.5) is 0 Å². The first-order valence-corrected chi connectivity index (χ1v) is 7.84. The maximum atomic E-state index is 10.6. The highest BCUT2D eigenvalue weighted by Crippen LogP contribution is 2.14. The van der Waals surface area contributed by atoms with Crippen LogP contribution in [0.1, 0.15) is 32.3 Å². The number of rotatable bonds is 7. The molecule has 1 amide bonds. The Hall–Kier alpha value is -1.57. The Labute approximate surface area is 135 Å². The van der Waals surface area contributed by atoms with Gasteiger partial charge >= 0.3 is 5.97 Å². The molecule has 1 aromatic carbocycles. The monoisotopic (exact) mass is 328 g/mol. The van der Waals surface area contributed by atoms with E-state index in [4.69, 9.17) is 10.2 Å². The van der Waals surface area contributed by atoms with Crippen LogP contribution in [0.25, 0.3) is 0 Å². The fraction of sp³-hybridized carbons (Fsp3) is 0.467. The summed E-state index contributed by atoms with van der Waals surface area (Å²) in [6.45, 7) is 6.03. The van der Waals surface area contributed by atoms with Crippen LogP contribution in [0, 0.1) is 0 Å². The van der Waals surface area contributed by atoms with Crippen LogP contribution in [-0.2, 0) is 9.59 Å². The van der Waals surface area contributed by atoms with Crippen LogP contribution >= 0.6 is 11.9 Å². The number of carboxylic acid groups (broad SMARTS) is 1. The fourth-order valence-electron chi connectivity index (χ4n) is 1.54. The molecule has 2 atom stereocenters. The zero-order valence-electron chi connectivity index (χ0n) is 13.1. The predicted octanol–water partition coefficient (Wildman–Crippen LogP) is 1.57. The molecule has 0 heterocycles. The third-order valence-corrected chi connectivity index (χ3v) is 3.42. The molecule has 6 nitrogen and oxygen atoms in total. The fourth-order valence-corrected chi connectivity index (χ4v) is 2.18. The van der Waals surface area contributed by atoms with Crippen molar-refractivity contribution in [2.45, 2.75) is 32.1 Å². The molecule has 124 valence electrons. The Morgan fingerprint density at radius 2 is 1.86 bits per heavy atom. The molecule has 2 unspecified atom stereocenters. The molecular formula is C15H24N2O4S. The first kappa shape index (κ1) is 20.4. The summed E-state index contributed by atoms with van der Waals surface area (Å²) >= 11 is 1.52. The molecule has 7 heteroatoms. The van der Waals surface area contributed by atoms with E-state index in [1.54, 1.807) is 30.3 Å². The van der Waals surface area contributed by atoms with Crippen molar-refractivity contribution >= 4 is 23.8 Å². The van der Waals surface area contributed by atoms with Crippen LogP contribution in [0.15, 0.2) is 30.3 Å². The summed E-state index contributed by atoms with van der Waals surface area (Å²) in [6, 6.07) is 8.69. The Morgan fingerprint density at radius 3 is 2.27 bits per heavy atom. The highest BCUT2D eigenvalue weighted by atomic mass is 32.2. The van der Waals surface area contributed by atoms with Crippen LogP contribution in [0.2, 0.25) is 0 Å². The average molecular weight is 328 g/mol. The van der Waals surface area contributed by atoms with E-state index < -0.39 is 11.9 Å². The molecule has 4 N–H and O–H groups in total. The number of aliphatic hydroxyl groups excluding tert-OH is 1. The first-order chi connectivity index (χ1) is 10.4. The van der Waals surface area contributed by atoms with Crippen molar-refractivity contribution < 1.29 is 19.8 Å². The van der Waals surface area contributed by atoms with Crippen LogP contribution < -0.4 is 10.0 Å². The molecule has 0 aromatic heterocycles. The van der Waals surface area contributed by atoms with Gasteiger partial charge < -0.3 is 15.5 Å². The minimum Gasteiger partial charge on any atom is -0.481 e. The Bertz CT molecular complexity index is 442. The normalized spacial score (nSPS) is 12.5. The standard InChI is InChI=1S/C9H10O3.C6H14N2OS/c10-6-8(9(11)12)7-4-2-1-3-5-7;1-4-7-10-6(3)8-5(2)9/h1-5,8,10H,6H2,(H,11,12);6-7H,4H2,1-3H3,(H,8,9). The van der Waals surface area contributed by atoms with Gasteiger partial charge in [-0.1, -0.05) is 49.2 Å². The van der Waals surface area contributed by atoms with Gasteiger partial charge in [0.25, 0.3) is 0 Å². The lowest BCUT2D eigenvalue weighted by atomic mass is 10.0. The van der Waals surface area contributed by atoms with Gasteiger partial charge in [0.1, 0.15) is 5.92 Å². The van der Waals surface area contributed by atoms with Gasteiger partial charge in [-0.15, -0.1) is 0 Å². The van der Waals surface area contributed by atoms with E-state index in [2.05, 4.69) is 10.0 Å². The second-order valence-electron chi connectivity index (χ2n) is 4.44. The van der Waals surface area contributed by atoms with E-state index in [9.17, 15) is 9.59 Å². The molecule has 0 saturated heterocycles. The SMILES string of the molecule is CCNSC(C)NC(C)=O.O=C(O)C(CO)c1ccccc1.